The Bertz CT molecular complexity index is 1140. The van der Waals surface area contributed by atoms with E-state index in [1.807, 2.05) is 22.8 Å². The molecule has 0 bridgehead atoms. The number of halogens is 1. The zero-order valence-electron chi connectivity index (χ0n) is 16.1. The number of ether oxygens (including phenoxy) is 2. The van der Waals surface area contributed by atoms with E-state index in [4.69, 9.17) is 26.8 Å². The van der Waals surface area contributed by atoms with E-state index in [2.05, 4.69) is 10.3 Å². The fourth-order valence-electron chi connectivity index (χ4n) is 3.41. The molecular weight excluding hydrogens is 408 g/mol. The number of carbonyl (C=O) groups excluding carboxylic acids is 2. The number of hydrogen-bond donors (Lipinski definition) is 2. The van der Waals surface area contributed by atoms with Crippen molar-refractivity contribution in [1.29, 1.82) is 0 Å². The fraction of sp³-hybridized carbons (Fsp3) is 0.190. The van der Waals surface area contributed by atoms with Crippen LogP contribution in [0, 0.1) is 0 Å². The third-order valence-corrected chi connectivity index (χ3v) is 5.06. The highest BCUT2D eigenvalue weighted by Gasteiger charge is 2.20. The van der Waals surface area contributed by atoms with E-state index in [0.717, 1.165) is 17.7 Å². The summed E-state index contributed by atoms with van der Waals surface area (Å²) in [5.41, 5.74) is 8.29. The van der Waals surface area contributed by atoms with E-state index in [9.17, 15) is 9.59 Å². The smallest absolute Gasteiger partial charge is 0.255 e. The molecule has 3 aromatic rings. The molecule has 2 amide bonds. The molecule has 30 heavy (non-hydrogen) atoms. The van der Waals surface area contributed by atoms with Gasteiger partial charge in [-0.15, -0.1) is 0 Å². The second-order valence-electron chi connectivity index (χ2n) is 6.71. The molecule has 8 nitrogen and oxygen atoms in total. The molecule has 2 heterocycles. The van der Waals surface area contributed by atoms with Crippen LogP contribution in [-0.2, 0) is 11.2 Å². The first kappa shape index (κ1) is 19.8. The number of hydrogen-bond acceptors (Lipinski definition) is 5. The van der Waals surface area contributed by atoms with E-state index < -0.39 is 5.91 Å². The zero-order valence-corrected chi connectivity index (χ0v) is 16.9. The van der Waals surface area contributed by atoms with Gasteiger partial charge in [-0.1, -0.05) is 17.7 Å². The number of primary amides is 1. The van der Waals surface area contributed by atoms with Crippen LogP contribution in [-0.4, -0.2) is 41.6 Å². The van der Waals surface area contributed by atoms with Crippen LogP contribution >= 0.6 is 11.6 Å². The average molecular weight is 427 g/mol. The van der Waals surface area contributed by atoms with Crippen molar-refractivity contribution in [2.75, 3.05) is 20.3 Å². The molecule has 9 heteroatoms. The molecule has 0 aliphatic carbocycles. The molecule has 2 aromatic carbocycles. The van der Waals surface area contributed by atoms with Gasteiger partial charge in [-0.25, -0.2) is 4.98 Å². The number of amides is 2. The highest BCUT2D eigenvalue weighted by Crippen LogP contribution is 2.39. The summed E-state index contributed by atoms with van der Waals surface area (Å²) >= 11 is 6.38. The van der Waals surface area contributed by atoms with Gasteiger partial charge in [0.15, 0.2) is 18.1 Å². The largest absolute Gasteiger partial charge is 0.493 e. The number of carbonyl (C=O) groups is 2. The number of rotatable bonds is 6. The minimum absolute atomic E-state index is 0.0829. The summed E-state index contributed by atoms with van der Waals surface area (Å²) in [4.78, 5) is 27.7. The highest BCUT2D eigenvalue weighted by atomic mass is 35.5. The molecule has 0 radical (unpaired) electrons. The van der Waals surface area contributed by atoms with E-state index in [-0.39, 0.29) is 23.3 Å². The quantitative estimate of drug-likeness (QED) is 0.629. The minimum Gasteiger partial charge on any atom is -0.493 e. The minimum atomic E-state index is -0.621. The Kier molecular flexibility index (Phi) is 5.33. The van der Waals surface area contributed by atoms with Gasteiger partial charge >= 0.3 is 0 Å². The molecule has 0 unspecified atom stereocenters. The van der Waals surface area contributed by atoms with Gasteiger partial charge in [-0.05, 0) is 36.2 Å². The maximum absolute atomic E-state index is 12.2. The number of aromatic nitrogens is 2. The second-order valence-corrected chi connectivity index (χ2v) is 7.12. The summed E-state index contributed by atoms with van der Waals surface area (Å²) in [6.45, 7) is 0.325. The van der Waals surface area contributed by atoms with Crippen molar-refractivity contribution in [3.63, 3.8) is 0 Å². The van der Waals surface area contributed by atoms with Crippen molar-refractivity contribution in [2.24, 2.45) is 5.73 Å². The van der Waals surface area contributed by atoms with Crippen LogP contribution < -0.4 is 20.5 Å². The number of benzene rings is 2. The molecule has 0 saturated carbocycles. The van der Waals surface area contributed by atoms with Crippen LogP contribution in [0.1, 0.15) is 15.9 Å². The Hall–Kier alpha value is -3.52. The topological polar surface area (TPSA) is 108 Å². The number of imidazole rings is 1. The van der Waals surface area contributed by atoms with Crippen LogP contribution in [0.15, 0.2) is 42.7 Å². The third kappa shape index (κ3) is 3.69. The van der Waals surface area contributed by atoms with Crippen LogP contribution in [0.2, 0.25) is 5.02 Å². The predicted octanol–water partition coefficient (Wildman–Crippen LogP) is 2.35. The number of fused-ring (bicyclic) bond motifs is 1. The third-order valence-electron chi connectivity index (χ3n) is 4.78. The van der Waals surface area contributed by atoms with Crippen LogP contribution in [0.25, 0.3) is 17.1 Å². The molecule has 0 saturated heterocycles. The molecule has 4 rings (SSSR count). The number of nitrogens with two attached hydrogens (primary N) is 1. The normalized spacial score (nSPS) is 12.8. The molecular formula is C21H19ClN4O4. The maximum atomic E-state index is 12.2. The molecule has 0 spiro atoms. The summed E-state index contributed by atoms with van der Waals surface area (Å²) in [6.07, 6.45) is 4.26. The van der Waals surface area contributed by atoms with Gasteiger partial charge in [0.2, 0.25) is 0 Å². The van der Waals surface area contributed by atoms with Crippen molar-refractivity contribution in [3.8, 4) is 28.6 Å². The summed E-state index contributed by atoms with van der Waals surface area (Å²) in [6, 6.07) is 9.14. The average Bonchev–Trinajstić information content (AvgIpc) is 3.22. The lowest BCUT2D eigenvalue weighted by atomic mass is 9.99. The van der Waals surface area contributed by atoms with Gasteiger partial charge < -0.3 is 20.5 Å². The molecule has 1 aliphatic rings. The highest BCUT2D eigenvalue weighted by molar-refractivity contribution is 6.32. The van der Waals surface area contributed by atoms with Gasteiger partial charge in [0.05, 0.1) is 12.1 Å². The first-order valence-corrected chi connectivity index (χ1v) is 9.59. The van der Waals surface area contributed by atoms with Crippen molar-refractivity contribution < 1.29 is 19.1 Å². The van der Waals surface area contributed by atoms with E-state index >= 15 is 0 Å². The first-order chi connectivity index (χ1) is 14.5. The van der Waals surface area contributed by atoms with Crippen LogP contribution in [0.3, 0.4) is 0 Å². The molecule has 154 valence electrons. The van der Waals surface area contributed by atoms with Crippen molar-refractivity contribution in [2.45, 2.75) is 6.42 Å². The Morgan fingerprint density at radius 3 is 2.93 bits per heavy atom. The standard InChI is InChI=1S/C21H19ClN4O4/c1-29-17-9-13(8-16(22)19(17)30-11-18(23)27)20-24-6-7-26(20)14-3-2-12-4-5-25-21(28)15(12)10-14/h2-3,6-10H,4-5,11H2,1H3,(H2,23,27)(H,25,28). The second kappa shape index (κ2) is 8.08. The number of nitrogens with one attached hydrogen (secondary N) is 1. The summed E-state index contributed by atoms with van der Waals surface area (Å²) < 4.78 is 12.6. The lowest BCUT2D eigenvalue weighted by Crippen LogP contribution is -2.31. The Labute approximate surface area is 177 Å². The molecule has 1 aliphatic heterocycles. The van der Waals surface area contributed by atoms with Gasteiger partial charge in [0.25, 0.3) is 11.8 Å². The number of nitrogens with zero attached hydrogens (tertiary/aromatic N) is 2. The maximum Gasteiger partial charge on any atom is 0.255 e. The lowest BCUT2D eigenvalue weighted by Gasteiger charge is -2.18. The summed E-state index contributed by atoms with van der Waals surface area (Å²) in [5.74, 6) is 0.473. The van der Waals surface area contributed by atoms with Gasteiger partial charge in [-0.2, -0.15) is 0 Å². The SMILES string of the molecule is COc1cc(-c2nccn2-c2ccc3c(c2)C(=O)NCC3)cc(Cl)c1OCC(N)=O. The number of methoxy groups -OCH3 is 1. The molecule has 0 atom stereocenters. The summed E-state index contributed by atoms with van der Waals surface area (Å²) in [7, 11) is 1.47. The van der Waals surface area contributed by atoms with E-state index in [1.54, 1.807) is 24.5 Å². The molecule has 1 aromatic heterocycles. The van der Waals surface area contributed by atoms with Crippen LogP contribution in [0.4, 0.5) is 0 Å². The lowest BCUT2D eigenvalue weighted by molar-refractivity contribution is -0.119. The Balaban J connectivity index is 1.75. The van der Waals surface area contributed by atoms with Gasteiger partial charge in [0, 0.05) is 35.8 Å². The van der Waals surface area contributed by atoms with Gasteiger partial charge in [0.1, 0.15) is 5.82 Å². The zero-order chi connectivity index (χ0) is 21.3. The van der Waals surface area contributed by atoms with E-state index in [0.29, 0.717) is 29.2 Å². The van der Waals surface area contributed by atoms with Crippen molar-refractivity contribution in [1.82, 2.24) is 14.9 Å². The van der Waals surface area contributed by atoms with Crippen molar-refractivity contribution in [3.05, 3.63) is 58.9 Å². The van der Waals surface area contributed by atoms with Crippen molar-refractivity contribution >= 4 is 23.4 Å². The first-order valence-electron chi connectivity index (χ1n) is 9.22. The molecule has 3 N–H and O–H groups in total. The van der Waals surface area contributed by atoms with E-state index in [1.165, 1.54) is 7.11 Å². The monoisotopic (exact) mass is 426 g/mol. The molecule has 0 fully saturated rings. The van der Waals surface area contributed by atoms with Gasteiger partial charge in [-0.3, -0.25) is 14.2 Å². The van der Waals surface area contributed by atoms with Crippen LogP contribution in [0.5, 0.6) is 11.5 Å². The fourth-order valence-corrected chi connectivity index (χ4v) is 3.67. The predicted molar refractivity (Wildman–Crippen MR) is 111 cm³/mol. The Morgan fingerprint density at radius 1 is 1.33 bits per heavy atom. The Morgan fingerprint density at radius 2 is 2.17 bits per heavy atom. The summed E-state index contributed by atoms with van der Waals surface area (Å²) in [5, 5.41) is 3.12.